The summed E-state index contributed by atoms with van der Waals surface area (Å²) in [6.45, 7) is 0. The molecule has 0 aromatic carbocycles. The number of nitrogens with zero attached hydrogens (tertiary/aromatic N) is 2. The van der Waals surface area contributed by atoms with Gasteiger partial charge in [0, 0.05) is 12.4 Å². The van der Waals surface area contributed by atoms with Crippen LogP contribution in [0.2, 0.25) is 0 Å². The molecular weight excluding hydrogens is 296 g/mol. The van der Waals surface area contributed by atoms with Crippen molar-refractivity contribution >= 4 is 33.3 Å². The molecule has 0 spiro atoms. The third kappa shape index (κ3) is 2.52. The molecular formula is C13H15BrN2S. The predicted octanol–water partition coefficient (Wildman–Crippen LogP) is 3.78. The molecule has 0 radical (unpaired) electrons. The molecule has 1 aliphatic rings. The zero-order chi connectivity index (χ0) is 11.7. The summed E-state index contributed by atoms with van der Waals surface area (Å²) < 4.78 is 3.18. The highest BCUT2D eigenvalue weighted by Crippen LogP contribution is 2.26. The largest absolute Gasteiger partial charge is 0.306 e. The maximum atomic E-state index is 4.71. The summed E-state index contributed by atoms with van der Waals surface area (Å²) in [6.07, 6.45) is 8.08. The third-order valence-corrected chi connectivity index (χ3v) is 5.14. The van der Waals surface area contributed by atoms with E-state index in [0.717, 1.165) is 22.5 Å². The highest BCUT2D eigenvalue weighted by Gasteiger charge is 2.16. The maximum Gasteiger partial charge on any atom is 0.151 e. The van der Waals surface area contributed by atoms with Crippen LogP contribution in [0.4, 0.5) is 0 Å². The van der Waals surface area contributed by atoms with Gasteiger partial charge < -0.3 is 4.40 Å². The van der Waals surface area contributed by atoms with Gasteiger partial charge in [0.2, 0.25) is 0 Å². The van der Waals surface area contributed by atoms with Gasteiger partial charge in [-0.15, -0.1) is 0 Å². The molecule has 0 N–H and O–H groups in total. The Hall–Kier alpha value is -0.480. The van der Waals surface area contributed by atoms with E-state index >= 15 is 0 Å². The molecule has 2 aromatic rings. The van der Waals surface area contributed by atoms with Gasteiger partial charge in [0.1, 0.15) is 0 Å². The van der Waals surface area contributed by atoms with Gasteiger partial charge in [0.25, 0.3) is 0 Å². The van der Waals surface area contributed by atoms with Crippen LogP contribution in [0, 0.1) is 5.92 Å². The number of aromatic nitrogens is 2. The van der Waals surface area contributed by atoms with E-state index < -0.39 is 0 Å². The molecule has 3 rings (SSSR count). The molecule has 1 saturated heterocycles. The molecule has 4 heteroatoms. The normalized spacial score (nSPS) is 20.9. The first-order valence-electron chi connectivity index (χ1n) is 6.03. The van der Waals surface area contributed by atoms with E-state index in [9.17, 15) is 0 Å². The topological polar surface area (TPSA) is 17.3 Å². The lowest BCUT2D eigenvalue weighted by atomic mass is 10.00. The first kappa shape index (κ1) is 11.6. The molecule has 17 heavy (non-hydrogen) atoms. The molecule has 0 saturated carbocycles. The second-order valence-corrected chi connectivity index (χ2v) is 6.61. The van der Waals surface area contributed by atoms with Gasteiger partial charge in [-0.1, -0.05) is 0 Å². The Morgan fingerprint density at radius 1 is 1.53 bits per heavy atom. The molecule has 1 fully saturated rings. The van der Waals surface area contributed by atoms with Gasteiger partial charge >= 0.3 is 0 Å². The smallest absolute Gasteiger partial charge is 0.151 e. The highest BCUT2D eigenvalue weighted by atomic mass is 79.9. The summed E-state index contributed by atoms with van der Waals surface area (Å²) in [5, 5.41) is 0. The molecule has 0 amide bonds. The highest BCUT2D eigenvalue weighted by molar-refractivity contribution is 9.10. The van der Waals surface area contributed by atoms with Crippen LogP contribution < -0.4 is 0 Å². The quantitative estimate of drug-likeness (QED) is 0.839. The van der Waals surface area contributed by atoms with Gasteiger partial charge in [-0.05, 0) is 64.7 Å². The summed E-state index contributed by atoms with van der Waals surface area (Å²) >= 11 is 5.64. The van der Waals surface area contributed by atoms with Crippen molar-refractivity contribution in [2.45, 2.75) is 19.3 Å². The van der Waals surface area contributed by atoms with Gasteiger partial charge in [0.05, 0.1) is 10.2 Å². The molecule has 3 heterocycles. The van der Waals surface area contributed by atoms with Crippen LogP contribution in [0.5, 0.6) is 0 Å². The molecule has 0 bridgehead atoms. The van der Waals surface area contributed by atoms with Crippen LogP contribution in [-0.2, 0) is 6.42 Å². The van der Waals surface area contributed by atoms with E-state index in [1.807, 2.05) is 12.1 Å². The fourth-order valence-corrected chi connectivity index (χ4v) is 3.99. The van der Waals surface area contributed by atoms with E-state index in [4.69, 9.17) is 4.98 Å². The van der Waals surface area contributed by atoms with Crippen LogP contribution in [0.25, 0.3) is 5.65 Å². The number of thioether (sulfide) groups is 1. The number of halogens is 1. The summed E-state index contributed by atoms with van der Waals surface area (Å²) in [7, 11) is 0. The van der Waals surface area contributed by atoms with Crippen molar-refractivity contribution in [1.82, 2.24) is 9.38 Å². The Morgan fingerprint density at radius 3 is 3.24 bits per heavy atom. The minimum Gasteiger partial charge on any atom is -0.306 e. The minimum atomic E-state index is 0.817. The van der Waals surface area contributed by atoms with E-state index in [2.05, 4.69) is 44.5 Å². The minimum absolute atomic E-state index is 0.817. The summed E-state index contributed by atoms with van der Waals surface area (Å²) in [5.41, 5.74) is 2.26. The number of rotatable bonds is 2. The fraction of sp³-hybridized carbons (Fsp3) is 0.462. The summed E-state index contributed by atoms with van der Waals surface area (Å²) in [6, 6.07) is 4.08. The second-order valence-electron chi connectivity index (χ2n) is 4.61. The molecule has 2 aromatic heterocycles. The zero-order valence-corrected chi connectivity index (χ0v) is 12.0. The van der Waals surface area contributed by atoms with Crippen LogP contribution in [0.1, 0.15) is 18.5 Å². The first-order valence-corrected chi connectivity index (χ1v) is 7.97. The van der Waals surface area contributed by atoms with E-state index in [0.29, 0.717) is 0 Å². The van der Waals surface area contributed by atoms with Crippen LogP contribution in [0.3, 0.4) is 0 Å². The number of hydrogen-bond donors (Lipinski definition) is 0. The Labute approximate surface area is 114 Å². The Balaban J connectivity index is 1.83. The van der Waals surface area contributed by atoms with Crippen molar-refractivity contribution in [2.75, 3.05) is 11.5 Å². The first-order chi connectivity index (χ1) is 8.33. The third-order valence-electron chi connectivity index (χ3n) is 3.24. The number of hydrogen-bond acceptors (Lipinski definition) is 2. The van der Waals surface area contributed by atoms with Crippen LogP contribution in [-0.4, -0.2) is 20.9 Å². The maximum absolute atomic E-state index is 4.71. The average molecular weight is 311 g/mol. The molecule has 90 valence electrons. The lowest BCUT2D eigenvalue weighted by molar-refractivity contribution is 0.516. The molecule has 1 aliphatic heterocycles. The molecule has 2 nitrogen and oxygen atoms in total. The van der Waals surface area contributed by atoms with Crippen molar-refractivity contribution in [2.24, 2.45) is 5.92 Å². The van der Waals surface area contributed by atoms with Gasteiger partial charge in [0.15, 0.2) is 5.65 Å². The van der Waals surface area contributed by atoms with Crippen LogP contribution >= 0.6 is 27.7 Å². The van der Waals surface area contributed by atoms with Crippen molar-refractivity contribution in [1.29, 1.82) is 0 Å². The number of pyridine rings is 1. The second kappa shape index (κ2) is 5.02. The van der Waals surface area contributed by atoms with E-state index in [1.54, 1.807) is 0 Å². The predicted molar refractivity (Wildman–Crippen MR) is 76.6 cm³/mol. The molecule has 1 atom stereocenters. The van der Waals surface area contributed by atoms with E-state index in [-0.39, 0.29) is 0 Å². The molecule has 1 unspecified atom stereocenters. The number of fused-ring (bicyclic) bond motifs is 1. The standard InChI is InChI=1S/C13H15BrN2S/c14-12-4-1-5-16-8-11(15-13(12)16)7-10-3-2-6-17-9-10/h1,4-5,8,10H,2-3,6-7,9H2. The SMILES string of the molecule is Brc1cccn2cc(CC3CCCSC3)nc12. The Bertz CT molecular complexity index is 517. The summed E-state index contributed by atoms with van der Waals surface area (Å²) in [4.78, 5) is 4.71. The van der Waals surface area contributed by atoms with Crippen molar-refractivity contribution in [3.05, 3.63) is 34.7 Å². The summed E-state index contributed by atoms with van der Waals surface area (Å²) in [5.74, 6) is 3.46. The zero-order valence-electron chi connectivity index (χ0n) is 9.60. The van der Waals surface area contributed by atoms with Crippen molar-refractivity contribution in [3.8, 4) is 0 Å². The van der Waals surface area contributed by atoms with Gasteiger partial charge in [-0.3, -0.25) is 0 Å². The van der Waals surface area contributed by atoms with Crippen LogP contribution in [0.15, 0.2) is 29.0 Å². The Morgan fingerprint density at radius 2 is 2.47 bits per heavy atom. The monoisotopic (exact) mass is 310 g/mol. The number of imidazole rings is 1. The average Bonchev–Trinajstić information content (AvgIpc) is 2.74. The van der Waals surface area contributed by atoms with E-state index in [1.165, 1.54) is 30.0 Å². The Kier molecular flexibility index (Phi) is 3.43. The lowest BCUT2D eigenvalue weighted by Gasteiger charge is -2.19. The fourth-order valence-electron chi connectivity index (χ4n) is 2.39. The molecule has 0 aliphatic carbocycles. The van der Waals surface area contributed by atoms with Crippen molar-refractivity contribution < 1.29 is 0 Å². The van der Waals surface area contributed by atoms with Crippen molar-refractivity contribution in [3.63, 3.8) is 0 Å². The lowest BCUT2D eigenvalue weighted by Crippen LogP contribution is -2.13. The van der Waals surface area contributed by atoms with Gasteiger partial charge in [-0.2, -0.15) is 11.8 Å². The van der Waals surface area contributed by atoms with Gasteiger partial charge in [-0.25, -0.2) is 4.98 Å².